The summed E-state index contributed by atoms with van der Waals surface area (Å²) >= 11 is 0. The second-order valence-corrected chi connectivity index (χ2v) is 10.5. The van der Waals surface area contributed by atoms with E-state index in [9.17, 15) is 17.6 Å². The molecule has 0 saturated heterocycles. The molecule has 36 heavy (non-hydrogen) atoms. The Morgan fingerprint density at radius 2 is 1.69 bits per heavy atom. The summed E-state index contributed by atoms with van der Waals surface area (Å²) in [6.45, 7) is 0.412. The molecule has 7 nitrogen and oxygen atoms in total. The van der Waals surface area contributed by atoms with Gasteiger partial charge in [-0.25, -0.2) is 4.39 Å². The minimum Gasteiger partial charge on any atom is -0.496 e. The van der Waals surface area contributed by atoms with Gasteiger partial charge in [0.2, 0.25) is 0 Å². The van der Waals surface area contributed by atoms with Crippen LogP contribution in [-0.4, -0.2) is 34.0 Å². The van der Waals surface area contributed by atoms with Crippen molar-refractivity contribution in [2.75, 3.05) is 18.4 Å². The molecular weight excluding hydrogens is 481 g/mol. The summed E-state index contributed by atoms with van der Waals surface area (Å²) in [6, 6.07) is 22.1. The molecule has 1 fully saturated rings. The van der Waals surface area contributed by atoms with Gasteiger partial charge in [-0.15, -0.1) is 0 Å². The van der Waals surface area contributed by atoms with E-state index >= 15 is 0 Å². The Labute approximate surface area is 211 Å². The van der Waals surface area contributed by atoms with Crippen molar-refractivity contribution in [3.05, 3.63) is 95.8 Å². The van der Waals surface area contributed by atoms with E-state index in [0.29, 0.717) is 43.5 Å². The summed E-state index contributed by atoms with van der Waals surface area (Å²) in [5.74, 6) is -0.228. The lowest BCUT2D eigenvalue weighted by molar-refractivity contribution is 0.0932. The second-order valence-electron chi connectivity index (χ2n) is 9.04. The molecule has 3 aromatic carbocycles. The summed E-state index contributed by atoms with van der Waals surface area (Å²) in [5, 5.41) is 3.08. The van der Waals surface area contributed by atoms with E-state index in [-0.39, 0.29) is 23.1 Å². The van der Waals surface area contributed by atoms with E-state index in [4.69, 9.17) is 4.74 Å². The minimum absolute atomic E-state index is 0.163. The molecule has 0 aromatic heterocycles. The number of amides is 1. The van der Waals surface area contributed by atoms with Crippen LogP contribution in [0.3, 0.4) is 0 Å². The van der Waals surface area contributed by atoms with E-state index < -0.39 is 16.0 Å². The summed E-state index contributed by atoms with van der Waals surface area (Å²) in [4.78, 5) is 13.0. The molecule has 1 aliphatic carbocycles. The highest BCUT2D eigenvalue weighted by Crippen LogP contribution is 2.39. The van der Waals surface area contributed by atoms with E-state index in [1.54, 1.807) is 18.2 Å². The standard InChI is InChI=1S/C27H30FN3O4S/c1-35-25-13-6-5-12-24(25)26(32)29-19-27(20-8-3-2-4-9-20)16-14-22(15-17-27)30-36(33,34)31-23-11-7-10-21(28)18-23/h2-13,18,22,30-31H,14-17,19H2,1H3,(H,29,32)/t22-,27-. The van der Waals surface area contributed by atoms with Gasteiger partial charge in [0, 0.05) is 18.0 Å². The van der Waals surface area contributed by atoms with Crippen LogP contribution in [0.25, 0.3) is 0 Å². The molecule has 0 unspecified atom stereocenters. The van der Waals surface area contributed by atoms with Crippen molar-refractivity contribution in [2.45, 2.75) is 37.1 Å². The van der Waals surface area contributed by atoms with Crippen molar-refractivity contribution in [1.82, 2.24) is 10.0 Å². The van der Waals surface area contributed by atoms with Crippen molar-refractivity contribution in [3.63, 3.8) is 0 Å². The van der Waals surface area contributed by atoms with Crippen LogP contribution in [0.2, 0.25) is 0 Å². The van der Waals surface area contributed by atoms with Crippen molar-refractivity contribution >= 4 is 21.8 Å². The fraction of sp³-hybridized carbons (Fsp3) is 0.296. The number of halogens is 1. The highest BCUT2D eigenvalue weighted by molar-refractivity contribution is 7.90. The Balaban J connectivity index is 1.44. The highest BCUT2D eigenvalue weighted by Gasteiger charge is 2.38. The third-order valence-corrected chi connectivity index (χ3v) is 7.81. The molecule has 9 heteroatoms. The largest absolute Gasteiger partial charge is 0.496 e. The summed E-state index contributed by atoms with van der Waals surface area (Å²) in [6.07, 6.45) is 2.53. The Hall–Kier alpha value is -3.43. The topological polar surface area (TPSA) is 96.5 Å². The molecule has 190 valence electrons. The quantitative estimate of drug-likeness (QED) is 0.397. The zero-order valence-corrected chi connectivity index (χ0v) is 20.9. The first kappa shape index (κ1) is 25.7. The molecule has 0 radical (unpaired) electrons. The van der Waals surface area contributed by atoms with Gasteiger partial charge in [-0.05, 0) is 61.6 Å². The number of benzene rings is 3. The first-order valence-electron chi connectivity index (χ1n) is 11.8. The van der Waals surface area contributed by atoms with E-state index in [1.807, 2.05) is 36.4 Å². The molecule has 1 amide bonds. The number of anilines is 1. The van der Waals surface area contributed by atoms with Crippen LogP contribution in [0.15, 0.2) is 78.9 Å². The maximum atomic E-state index is 13.4. The first-order chi connectivity index (χ1) is 17.3. The molecule has 0 bridgehead atoms. The summed E-state index contributed by atoms with van der Waals surface area (Å²) in [7, 11) is -2.34. The average molecular weight is 512 g/mol. The monoisotopic (exact) mass is 511 g/mol. The molecule has 0 atom stereocenters. The van der Waals surface area contributed by atoms with Crippen LogP contribution in [0.1, 0.15) is 41.6 Å². The third-order valence-electron chi connectivity index (χ3n) is 6.67. The Morgan fingerprint density at radius 1 is 1.00 bits per heavy atom. The van der Waals surface area contributed by atoms with E-state index in [1.165, 1.54) is 25.3 Å². The van der Waals surface area contributed by atoms with Crippen LogP contribution in [0, 0.1) is 5.82 Å². The lowest BCUT2D eigenvalue weighted by Crippen LogP contribution is -2.48. The number of hydrogen-bond acceptors (Lipinski definition) is 4. The number of ether oxygens (including phenoxy) is 1. The van der Waals surface area contributed by atoms with Crippen LogP contribution >= 0.6 is 0 Å². The number of hydrogen-bond donors (Lipinski definition) is 3. The number of methoxy groups -OCH3 is 1. The smallest absolute Gasteiger partial charge is 0.299 e. The average Bonchev–Trinajstić information content (AvgIpc) is 2.88. The van der Waals surface area contributed by atoms with Gasteiger partial charge < -0.3 is 10.1 Å². The Kier molecular flexibility index (Phi) is 7.91. The Bertz CT molecular complexity index is 1290. The summed E-state index contributed by atoms with van der Waals surface area (Å²) in [5.41, 5.74) is 1.39. The van der Waals surface area contributed by atoms with Gasteiger partial charge in [0.25, 0.3) is 16.1 Å². The maximum Gasteiger partial charge on any atom is 0.299 e. The number of rotatable bonds is 9. The fourth-order valence-electron chi connectivity index (χ4n) is 4.78. The first-order valence-corrected chi connectivity index (χ1v) is 13.3. The van der Waals surface area contributed by atoms with Gasteiger partial charge in [0.05, 0.1) is 18.4 Å². The molecular formula is C27H30FN3O4S. The van der Waals surface area contributed by atoms with Gasteiger partial charge in [-0.2, -0.15) is 13.1 Å². The van der Waals surface area contributed by atoms with Crippen molar-refractivity contribution in [2.24, 2.45) is 0 Å². The van der Waals surface area contributed by atoms with Crippen molar-refractivity contribution in [1.29, 1.82) is 0 Å². The molecule has 1 saturated carbocycles. The third kappa shape index (κ3) is 6.22. The molecule has 0 heterocycles. The van der Waals surface area contributed by atoms with Gasteiger partial charge in [-0.3, -0.25) is 9.52 Å². The molecule has 0 aliphatic heterocycles. The number of carbonyl (C=O) groups is 1. The van der Waals surface area contributed by atoms with Gasteiger partial charge >= 0.3 is 0 Å². The Morgan fingerprint density at radius 3 is 2.39 bits per heavy atom. The lowest BCUT2D eigenvalue weighted by Gasteiger charge is -2.41. The normalized spacial score (nSPS) is 19.9. The molecule has 0 spiro atoms. The predicted molar refractivity (Wildman–Crippen MR) is 138 cm³/mol. The minimum atomic E-state index is -3.87. The number of nitrogens with one attached hydrogen (secondary N) is 3. The molecule has 3 N–H and O–H groups in total. The van der Waals surface area contributed by atoms with Gasteiger partial charge in [-0.1, -0.05) is 48.5 Å². The maximum absolute atomic E-state index is 13.4. The second kappa shape index (κ2) is 11.1. The van der Waals surface area contributed by atoms with Crippen LogP contribution in [0.4, 0.5) is 10.1 Å². The van der Waals surface area contributed by atoms with E-state index in [0.717, 1.165) is 11.6 Å². The zero-order valence-electron chi connectivity index (χ0n) is 20.0. The highest BCUT2D eigenvalue weighted by atomic mass is 32.2. The van der Waals surface area contributed by atoms with Crippen LogP contribution in [-0.2, 0) is 15.6 Å². The number of carbonyl (C=O) groups excluding carboxylic acids is 1. The van der Waals surface area contributed by atoms with Gasteiger partial charge in [0.1, 0.15) is 11.6 Å². The van der Waals surface area contributed by atoms with Crippen molar-refractivity contribution in [3.8, 4) is 5.75 Å². The lowest BCUT2D eigenvalue weighted by atomic mass is 9.68. The van der Waals surface area contributed by atoms with Crippen LogP contribution < -0.4 is 19.5 Å². The zero-order chi connectivity index (χ0) is 25.6. The number of para-hydroxylation sites is 1. The van der Waals surface area contributed by atoms with Crippen LogP contribution in [0.5, 0.6) is 5.75 Å². The van der Waals surface area contributed by atoms with Gasteiger partial charge in [0.15, 0.2) is 0 Å². The SMILES string of the molecule is COc1ccccc1C(=O)NC[C@]1(c2ccccc2)CC[C@H](NS(=O)(=O)Nc2cccc(F)c2)CC1. The van der Waals surface area contributed by atoms with Crippen molar-refractivity contribution < 1.29 is 22.3 Å². The molecule has 3 aromatic rings. The predicted octanol–water partition coefficient (Wildman–Crippen LogP) is 4.39. The molecule has 4 rings (SSSR count). The fourth-order valence-corrected chi connectivity index (χ4v) is 5.95. The van der Waals surface area contributed by atoms with E-state index in [2.05, 4.69) is 14.8 Å². The summed E-state index contributed by atoms with van der Waals surface area (Å²) < 4.78 is 49.1. The molecule has 1 aliphatic rings.